The summed E-state index contributed by atoms with van der Waals surface area (Å²) in [7, 11) is -3.30. The molecule has 0 aliphatic rings. The lowest BCUT2D eigenvalue weighted by Crippen LogP contribution is -1.99. The molecular weight excluding hydrogens is 346 g/mol. The topological polar surface area (TPSA) is 34.1 Å². The molecule has 0 aromatic heterocycles. The van der Waals surface area contributed by atoms with Crippen LogP contribution < -0.4 is 0 Å². The standard InChI is InChI=1S/C7H5Cl2IO2S/c1-13(11,12)6-3-4(8)2-5(10)7(6)9/h2-3H,1H3. The SMILES string of the molecule is CS(=O)(=O)c1cc(Cl)cc(I)c1Cl. The van der Waals surface area contributed by atoms with Crippen LogP contribution in [0.5, 0.6) is 0 Å². The number of hydrogen-bond donors (Lipinski definition) is 0. The van der Waals surface area contributed by atoms with Crippen molar-refractivity contribution in [2.75, 3.05) is 6.26 Å². The van der Waals surface area contributed by atoms with Gasteiger partial charge in [0.05, 0.1) is 9.92 Å². The summed E-state index contributed by atoms with van der Waals surface area (Å²) >= 11 is 13.4. The molecule has 0 aliphatic heterocycles. The Morgan fingerprint density at radius 2 is 1.85 bits per heavy atom. The molecule has 1 aromatic rings. The van der Waals surface area contributed by atoms with E-state index in [0.29, 0.717) is 8.59 Å². The molecule has 0 unspecified atom stereocenters. The number of sulfone groups is 1. The fraction of sp³-hybridized carbons (Fsp3) is 0.143. The van der Waals surface area contributed by atoms with Gasteiger partial charge in [0.1, 0.15) is 0 Å². The largest absolute Gasteiger partial charge is 0.224 e. The number of benzene rings is 1. The summed E-state index contributed by atoms with van der Waals surface area (Å²) in [6.07, 6.45) is 1.10. The van der Waals surface area contributed by atoms with Gasteiger partial charge < -0.3 is 0 Å². The maximum absolute atomic E-state index is 11.2. The van der Waals surface area contributed by atoms with Crippen LogP contribution in [0.2, 0.25) is 10.0 Å². The van der Waals surface area contributed by atoms with E-state index in [4.69, 9.17) is 23.2 Å². The lowest BCUT2D eigenvalue weighted by molar-refractivity contribution is 0.602. The van der Waals surface area contributed by atoms with Crippen molar-refractivity contribution in [3.63, 3.8) is 0 Å². The molecule has 72 valence electrons. The molecule has 13 heavy (non-hydrogen) atoms. The Balaban J connectivity index is 3.56. The summed E-state index contributed by atoms with van der Waals surface area (Å²) in [6.45, 7) is 0. The molecule has 0 spiro atoms. The third kappa shape index (κ3) is 2.71. The Morgan fingerprint density at radius 1 is 1.31 bits per heavy atom. The predicted octanol–water partition coefficient (Wildman–Crippen LogP) is 3.00. The molecule has 0 fully saturated rings. The Labute approximate surface area is 100 Å². The minimum atomic E-state index is -3.30. The molecule has 2 nitrogen and oxygen atoms in total. The zero-order valence-electron chi connectivity index (χ0n) is 6.51. The highest BCUT2D eigenvalue weighted by molar-refractivity contribution is 14.1. The van der Waals surface area contributed by atoms with Crippen molar-refractivity contribution in [3.8, 4) is 0 Å². The monoisotopic (exact) mass is 350 g/mol. The second-order valence-electron chi connectivity index (χ2n) is 2.47. The van der Waals surface area contributed by atoms with Crippen LogP contribution in [0.3, 0.4) is 0 Å². The summed E-state index contributed by atoms with van der Waals surface area (Å²) in [6, 6.07) is 2.96. The van der Waals surface area contributed by atoms with Crippen molar-refractivity contribution in [1.29, 1.82) is 0 Å². The third-order valence-electron chi connectivity index (χ3n) is 1.36. The van der Waals surface area contributed by atoms with Gasteiger partial charge in [-0.15, -0.1) is 0 Å². The average Bonchev–Trinajstić information content (AvgIpc) is 1.94. The first-order chi connectivity index (χ1) is 5.82. The van der Waals surface area contributed by atoms with E-state index in [1.54, 1.807) is 6.07 Å². The molecule has 0 heterocycles. The predicted molar refractivity (Wildman–Crippen MR) is 62.3 cm³/mol. The second kappa shape index (κ2) is 3.92. The van der Waals surface area contributed by atoms with Gasteiger partial charge in [-0.3, -0.25) is 0 Å². The quantitative estimate of drug-likeness (QED) is 0.576. The van der Waals surface area contributed by atoms with Crippen LogP contribution in [-0.2, 0) is 9.84 Å². The zero-order valence-corrected chi connectivity index (χ0v) is 11.0. The van der Waals surface area contributed by atoms with Gasteiger partial charge >= 0.3 is 0 Å². The van der Waals surface area contributed by atoms with Crippen LogP contribution in [0.25, 0.3) is 0 Å². The molecule has 0 radical (unpaired) electrons. The minimum absolute atomic E-state index is 0.0751. The van der Waals surface area contributed by atoms with E-state index >= 15 is 0 Å². The first kappa shape index (κ1) is 11.6. The highest BCUT2D eigenvalue weighted by Crippen LogP contribution is 2.30. The van der Waals surface area contributed by atoms with Crippen molar-refractivity contribution >= 4 is 55.6 Å². The van der Waals surface area contributed by atoms with Crippen molar-refractivity contribution < 1.29 is 8.42 Å². The van der Waals surface area contributed by atoms with Crippen LogP contribution in [-0.4, -0.2) is 14.7 Å². The van der Waals surface area contributed by atoms with Gasteiger partial charge in [0.15, 0.2) is 9.84 Å². The molecule has 1 rings (SSSR count). The highest BCUT2D eigenvalue weighted by Gasteiger charge is 2.15. The average molecular weight is 351 g/mol. The van der Waals surface area contributed by atoms with Gasteiger partial charge in [-0.05, 0) is 34.7 Å². The van der Waals surface area contributed by atoms with Crippen molar-refractivity contribution in [2.45, 2.75) is 4.90 Å². The molecule has 6 heteroatoms. The smallest absolute Gasteiger partial charge is 0.177 e. The molecule has 0 saturated heterocycles. The molecule has 1 aromatic carbocycles. The Kier molecular flexibility index (Phi) is 3.49. The maximum Gasteiger partial charge on any atom is 0.177 e. The van der Waals surface area contributed by atoms with E-state index < -0.39 is 9.84 Å². The van der Waals surface area contributed by atoms with E-state index in [1.165, 1.54) is 6.07 Å². The van der Waals surface area contributed by atoms with E-state index in [9.17, 15) is 8.42 Å². The van der Waals surface area contributed by atoms with Crippen LogP contribution in [0, 0.1) is 3.57 Å². The van der Waals surface area contributed by atoms with Gasteiger partial charge in [0, 0.05) is 14.8 Å². The normalized spacial score (nSPS) is 11.7. The van der Waals surface area contributed by atoms with Crippen molar-refractivity contribution in [2.24, 2.45) is 0 Å². The van der Waals surface area contributed by atoms with Gasteiger partial charge in [-0.2, -0.15) is 0 Å². The lowest BCUT2D eigenvalue weighted by atomic mass is 10.4. The molecule has 0 N–H and O–H groups in total. The number of rotatable bonds is 1. The summed E-state index contributed by atoms with van der Waals surface area (Å²) in [5.41, 5.74) is 0. The summed E-state index contributed by atoms with van der Waals surface area (Å²) in [4.78, 5) is 0.0751. The van der Waals surface area contributed by atoms with E-state index in [1.807, 2.05) is 22.6 Å². The van der Waals surface area contributed by atoms with Gasteiger partial charge in [-0.1, -0.05) is 23.2 Å². The summed E-state index contributed by atoms with van der Waals surface area (Å²) in [5.74, 6) is 0. The van der Waals surface area contributed by atoms with Crippen LogP contribution in [0.4, 0.5) is 0 Å². The first-order valence-corrected chi connectivity index (χ1v) is 6.89. The van der Waals surface area contributed by atoms with Gasteiger partial charge in [0.2, 0.25) is 0 Å². The van der Waals surface area contributed by atoms with Gasteiger partial charge in [-0.25, -0.2) is 8.42 Å². The fourth-order valence-corrected chi connectivity index (χ4v) is 3.38. The summed E-state index contributed by atoms with van der Waals surface area (Å²) < 4.78 is 23.1. The molecule has 0 bridgehead atoms. The van der Waals surface area contributed by atoms with E-state index in [0.717, 1.165) is 6.26 Å². The van der Waals surface area contributed by atoms with Gasteiger partial charge in [0.25, 0.3) is 0 Å². The Morgan fingerprint density at radius 3 is 2.31 bits per heavy atom. The van der Waals surface area contributed by atoms with E-state index in [-0.39, 0.29) is 9.92 Å². The zero-order chi connectivity index (χ0) is 10.2. The lowest BCUT2D eigenvalue weighted by Gasteiger charge is -2.04. The molecular formula is C7H5Cl2IO2S. The van der Waals surface area contributed by atoms with Crippen LogP contribution in [0.1, 0.15) is 0 Å². The first-order valence-electron chi connectivity index (χ1n) is 3.17. The third-order valence-corrected chi connectivity index (χ3v) is 4.39. The second-order valence-corrected chi connectivity index (χ2v) is 6.43. The van der Waals surface area contributed by atoms with E-state index in [2.05, 4.69) is 0 Å². The number of halogens is 3. The molecule has 0 aliphatic carbocycles. The summed E-state index contributed by atoms with van der Waals surface area (Å²) in [5, 5.41) is 0.599. The Hall–Kier alpha value is 0.480. The molecule has 0 amide bonds. The minimum Gasteiger partial charge on any atom is -0.224 e. The molecule has 0 atom stereocenters. The Bertz CT molecular complexity index is 442. The molecule has 0 saturated carbocycles. The number of hydrogen-bond acceptors (Lipinski definition) is 2. The van der Waals surface area contributed by atoms with Crippen LogP contribution in [0.15, 0.2) is 17.0 Å². The van der Waals surface area contributed by atoms with Crippen LogP contribution >= 0.6 is 45.8 Å². The van der Waals surface area contributed by atoms with Crippen molar-refractivity contribution in [1.82, 2.24) is 0 Å². The highest BCUT2D eigenvalue weighted by atomic mass is 127. The maximum atomic E-state index is 11.2. The van der Waals surface area contributed by atoms with Crippen molar-refractivity contribution in [3.05, 3.63) is 25.7 Å². The fourth-order valence-electron chi connectivity index (χ4n) is 0.802.